The van der Waals surface area contributed by atoms with E-state index >= 15 is 0 Å². The van der Waals surface area contributed by atoms with Crippen LogP contribution in [0.2, 0.25) is 5.02 Å². The molecule has 8 heteroatoms. The SMILES string of the molecule is CCn1c(=O)c2[nH]c(/C=C/c3ccc(F)c(Cl)c3)nc2n(CC)c1=O. The van der Waals surface area contributed by atoms with E-state index < -0.39 is 11.4 Å². The van der Waals surface area contributed by atoms with Crippen molar-refractivity contribution < 1.29 is 4.39 Å². The number of hydrogen-bond donors (Lipinski definition) is 1. The van der Waals surface area contributed by atoms with Gasteiger partial charge in [-0.1, -0.05) is 23.7 Å². The van der Waals surface area contributed by atoms with Crippen molar-refractivity contribution in [2.75, 3.05) is 0 Å². The minimum Gasteiger partial charge on any atom is -0.333 e. The van der Waals surface area contributed by atoms with Crippen LogP contribution in [-0.2, 0) is 13.1 Å². The average Bonchev–Trinajstić information content (AvgIpc) is 3.01. The van der Waals surface area contributed by atoms with E-state index in [-0.39, 0.29) is 22.8 Å². The fourth-order valence-electron chi connectivity index (χ4n) is 2.62. The number of nitrogens with zero attached hydrogens (tertiary/aromatic N) is 3. The average molecular weight is 363 g/mol. The Bertz CT molecular complexity index is 1090. The summed E-state index contributed by atoms with van der Waals surface area (Å²) >= 11 is 5.76. The quantitative estimate of drug-likeness (QED) is 0.775. The molecule has 1 aromatic carbocycles. The third-order valence-corrected chi connectivity index (χ3v) is 4.18. The van der Waals surface area contributed by atoms with E-state index in [0.29, 0.717) is 23.6 Å². The molecule has 2 heterocycles. The molecule has 0 atom stereocenters. The van der Waals surface area contributed by atoms with E-state index in [4.69, 9.17) is 11.6 Å². The van der Waals surface area contributed by atoms with Gasteiger partial charge in [-0.2, -0.15) is 0 Å². The number of H-pyrrole nitrogens is 1. The van der Waals surface area contributed by atoms with Crippen LogP contribution in [0.5, 0.6) is 0 Å². The molecule has 0 aliphatic rings. The maximum Gasteiger partial charge on any atom is 0.332 e. The van der Waals surface area contributed by atoms with Crippen molar-refractivity contribution in [2.45, 2.75) is 26.9 Å². The Morgan fingerprint density at radius 2 is 1.92 bits per heavy atom. The van der Waals surface area contributed by atoms with Gasteiger partial charge in [0.1, 0.15) is 17.2 Å². The molecule has 0 unspecified atom stereocenters. The van der Waals surface area contributed by atoms with Crippen LogP contribution in [0.4, 0.5) is 4.39 Å². The monoisotopic (exact) mass is 362 g/mol. The molecule has 0 bridgehead atoms. The highest BCUT2D eigenvalue weighted by atomic mass is 35.5. The molecule has 6 nitrogen and oxygen atoms in total. The van der Waals surface area contributed by atoms with Crippen molar-refractivity contribution >= 4 is 34.9 Å². The zero-order valence-electron chi connectivity index (χ0n) is 13.7. The summed E-state index contributed by atoms with van der Waals surface area (Å²) in [5.41, 5.74) is 0.504. The van der Waals surface area contributed by atoms with Crippen LogP contribution in [0.15, 0.2) is 27.8 Å². The molecule has 0 aliphatic carbocycles. The number of imidazole rings is 1. The van der Waals surface area contributed by atoms with Crippen LogP contribution in [-0.4, -0.2) is 19.1 Å². The number of aryl methyl sites for hydroxylation is 1. The molecule has 0 saturated carbocycles. The highest BCUT2D eigenvalue weighted by Gasteiger charge is 2.14. The van der Waals surface area contributed by atoms with Crippen molar-refractivity contribution in [3.05, 3.63) is 61.3 Å². The van der Waals surface area contributed by atoms with Gasteiger partial charge in [0.05, 0.1) is 5.02 Å². The van der Waals surface area contributed by atoms with Gasteiger partial charge in [0, 0.05) is 13.1 Å². The van der Waals surface area contributed by atoms with Crippen LogP contribution in [0.25, 0.3) is 23.3 Å². The lowest BCUT2D eigenvalue weighted by Crippen LogP contribution is -2.39. The van der Waals surface area contributed by atoms with Gasteiger partial charge in [-0.15, -0.1) is 0 Å². The molecular weight excluding hydrogens is 347 g/mol. The second kappa shape index (κ2) is 6.68. The van der Waals surface area contributed by atoms with E-state index in [1.807, 2.05) is 6.92 Å². The van der Waals surface area contributed by atoms with E-state index in [1.54, 1.807) is 25.1 Å². The molecule has 0 radical (unpaired) electrons. The van der Waals surface area contributed by atoms with Crippen molar-refractivity contribution in [2.24, 2.45) is 0 Å². The first-order chi connectivity index (χ1) is 12.0. The summed E-state index contributed by atoms with van der Waals surface area (Å²) < 4.78 is 15.8. The Balaban J connectivity index is 2.11. The van der Waals surface area contributed by atoms with Gasteiger partial charge >= 0.3 is 5.69 Å². The summed E-state index contributed by atoms with van der Waals surface area (Å²) in [7, 11) is 0. The topological polar surface area (TPSA) is 72.7 Å². The molecule has 0 saturated heterocycles. The summed E-state index contributed by atoms with van der Waals surface area (Å²) in [4.78, 5) is 32.0. The summed E-state index contributed by atoms with van der Waals surface area (Å²) in [6, 6.07) is 4.34. The summed E-state index contributed by atoms with van der Waals surface area (Å²) in [6.45, 7) is 4.24. The fraction of sp³-hybridized carbons (Fsp3) is 0.235. The van der Waals surface area contributed by atoms with Gasteiger partial charge in [-0.05, 0) is 37.6 Å². The summed E-state index contributed by atoms with van der Waals surface area (Å²) in [5, 5.41) is 0.0254. The number of fused-ring (bicyclic) bond motifs is 1. The van der Waals surface area contributed by atoms with Crippen LogP contribution in [0, 0.1) is 5.82 Å². The highest BCUT2D eigenvalue weighted by molar-refractivity contribution is 6.30. The number of rotatable bonds is 4. The Morgan fingerprint density at radius 3 is 2.56 bits per heavy atom. The number of aromatic amines is 1. The minimum absolute atomic E-state index is 0.0254. The predicted octanol–water partition coefficient (Wildman–Crippen LogP) is 2.89. The smallest absolute Gasteiger partial charge is 0.332 e. The Hall–Kier alpha value is -2.67. The first-order valence-corrected chi connectivity index (χ1v) is 8.20. The van der Waals surface area contributed by atoms with Gasteiger partial charge in [0.15, 0.2) is 5.65 Å². The first kappa shape index (κ1) is 17.2. The Labute approximate surface area is 147 Å². The number of hydrogen-bond acceptors (Lipinski definition) is 3. The lowest BCUT2D eigenvalue weighted by Gasteiger charge is -2.06. The second-order valence-electron chi connectivity index (χ2n) is 5.40. The molecule has 0 amide bonds. The molecule has 130 valence electrons. The molecular formula is C17H16ClFN4O2. The molecule has 1 N–H and O–H groups in total. The highest BCUT2D eigenvalue weighted by Crippen LogP contribution is 2.17. The molecule has 3 aromatic rings. The summed E-state index contributed by atoms with van der Waals surface area (Å²) in [6.07, 6.45) is 3.33. The van der Waals surface area contributed by atoms with Gasteiger partial charge in [-0.3, -0.25) is 13.9 Å². The Kier molecular flexibility index (Phi) is 4.59. The maximum absolute atomic E-state index is 13.2. The summed E-state index contributed by atoms with van der Waals surface area (Å²) in [5.74, 6) is -0.0716. The molecule has 2 aromatic heterocycles. The van der Waals surface area contributed by atoms with Crippen molar-refractivity contribution in [1.29, 1.82) is 0 Å². The van der Waals surface area contributed by atoms with Gasteiger partial charge in [0.2, 0.25) is 0 Å². The molecule has 0 fully saturated rings. The largest absolute Gasteiger partial charge is 0.333 e. The number of halogens is 2. The molecule has 25 heavy (non-hydrogen) atoms. The van der Waals surface area contributed by atoms with Crippen LogP contribution in [0.3, 0.4) is 0 Å². The van der Waals surface area contributed by atoms with E-state index in [0.717, 1.165) is 4.57 Å². The number of aromatic nitrogens is 4. The van der Waals surface area contributed by atoms with Crippen molar-refractivity contribution in [1.82, 2.24) is 19.1 Å². The lowest BCUT2D eigenvalue weighted by molar-refractivity contribution is 0.605. The van der Waals surface area contributed by atoms with Gasteiger partial charge in [-0.25, -0.2) is 14.2 Å². The van der Waals surface area contributed by atoms with Crippen molar-refractivity contribution in [3.8, 4) is 0 Å². The predicted molar refractivity (Wildman–Crippen MR) is 96.3 cm³/mol. The van der Waals surface area contributed by atoms with Crippen molar-refractivity contribution in [3.63, 3.8) is 0 Å². The zero-order chi connectivity index (χ0) is 18.1. The minimum atomic E-state index is -0.491. The number of nitrogens with one attached hydrogen (secondary N) is 1. The lowest BCUT2D eigenvalue weighted by atomic mass is 10.2. The standard InChI is InChI=1S/C17H16ClFN4O2/c1-3-22-15-14(16(24)23(4-2)17(22)25)20-13(21-15)8-6-10-5-7-12(19)11(18)9-10/h5-9H,3-4H2,1-2H3,(H,20,21)/b8-6+. The number of benzene rings is 1. The fourth-order valence-corrected chi connectivity index (χ4v) is 2.81. The molecule has 3 rings (SSSR count). The normalized spacial score (nSPS) is 11.7. The maximum atomic E-state index is 13.2. The van der Waals surface area contributed by atoms with Crippen LogP contribution >= 0.6 is 11.6 Å². The van der Waals surface area contributed by atoms with E-state index in [9.17, 15) is 14.0 Å². The molecule has 0 spiro atoms. The third kappa shape index (κ3) is 3.02. The van der Waals surface area contributed by atoms with Crippen LogP contribution in [0.1, 0.15) is 25.2 Å². The van der Waals surface area contributed by atoms with E-state index in [1.165, 1.54) is 16.7 Å². The zero-order valence-corrected chi connectivity index (χ0v) is 14.5. The van der Waals surface area contributed by atoms with Gasteiger partial charge in [0.25, 0.3) is 5.56 Å². The first-order valence-electron chi connectivity index (χ1n) is 7.82. The Morgan fingerprint density at radius 1 is 1.20 bits per heavy atom. The van der Waals surface area contributed by atoms with Gasteiger partial charge < -0.3 is 4.98 Å². The van der Waals surface area contributed by atoms with E-state index in [2.05, 4.69) is 9.97 Å². The molecule has 0 aliphatic heterocycles. The second-order valence-corrected chi connectivity index (χ2v) is 5.81. The third-order valence-electron chi connectivity index (χ3n) is 3.89. The van der Waals surface area contributed by atoms with Crippen LogP contribution < -0.4 is 11.2 Å².